The molecule has 2 N–H and O–H groups in total. The van der Waals surface area contributed by atoms with Gasteiger partial charge in [-0.2, -0.15) is 0 Å². The summed E-state index contributed by atoms with van der Waals surface area (Å²) in [5.41, 5.74) is 7.50. The molecule has 0 unspecified atom stereocenters. The SMILES string of the molecule is COCC(C)(C)n1c(N)nc2c(OC)cccc21. The van der Waals surface area contributed by atoms with E-state index in [0.717, 1.165) is 16.8 Å². The number of ether oxygens (including phenoxy) is 2. The first kappa shape index (κ1) is 12.7. The molecule has 2 aromatic rings. The minimum atomic E-state index is -0.264. The van der Waals surface area contributed by atoms with Crippen LogP contribution in [0.4, 0.5) is 5.95 Å². The van der Waals surface area contributed by atoms with Gasteiger partial charge in [-0.05, 0) is 26.0 Å². The fourth-order valence-electron chi connectivity index (χ4n) is 2.31. The number of rotatable bonds is 4. The van der Waals surface area contributed by atoms with Crippen molar-refractivity contribution in [2.24, 2.45) is 0 Å². The third kappa shape index (κ3) is 1.90. The number of methoxy groups -OCH3 is 2. The topological polar surface area (TPSA) is 62.3 Å². The first-order valence-electron chi connectivity index (χ1n) is 5.81. The molecule has 0 bridgehead atoms. The Balaban J connectivity index is 2.68. The van der Waals surface area contributed by atoms with Crippen molar-refractivity contribution in [3.8, 4) is 5.75 Å². The molecule has 0 fully saturated rings. The van der Waals surface area contributed by atoms with Gasteiger partial charge in [0.1, 0.15) is 11.3 Å². The van der Waals surface area contributed by atoms with Crippen LogP contribution in [0.1, 0.15) is 13.8 Å². The van der Waals surface area contributed by atoms with E-state index in [1.807, 2.05) is 22.8 Å². The Hall–Kier alpha value is -1.75. The Kier molecular flexibility index (Phi) is 3.17. The molecule has 5 heteroatoms. The van der Waals surface area contributed by atoms with E-state index >= 15 is 0 Å². The van der Waals surface area contributed by atoms with Crippen molar-refractivity contribution in [3.05, 3.63) is 18.2 Å². The van der Waals surface area contributed by atoms with Gasteiger partial charge in [0, 0.05) is 7.11 Å². The van der Waals surface area contributed by atoms with Crippen LogP contribution in [0.2, 0.25) is 0 Å². The maximum Gasteiger partial charge on any atom is 0.201 e. The zero-order chi connectivity index (χ0) is 13.3. The minimum absolute atomic E-state index is 0.264. The molecule has 1 aromatic carbocycles. The van der Waals surface area contributed by atoms with Gasteiger partial charge < -0.3 is 19.8 Å². The number of imidazole rings is 1. The summed E-state index contributed by atoms with van der Waals surface area (Å²) in [5.74, 6) is 1.20. The number of para-hydroxylation sites is 1. The summed E-state index contributed by atoms with van der Waals surface area (Å²) in [6.07, 6.45) is 0. The molecule has 0 aliphatic rings. The maximum atomic E-state index is 6.03. The highest BCUT2D eigenvalue weighted by Gasteiger charge is 2.26. The van der Waals surface area contributed by atoms with Gasteiger partial charge in [0.05, 0.1) is 24.8 Å². The smallest absolute Gasteiger partial charge is 0.201 e. The summed E-state index contributed by atoms with van der Waals surface area (Å²) in [6.45, 7) is 4.68. The summed E-state index contributed by atoms with van der Waals surface area (Å²) in [5, 5.41) is 0. The molecule has 18 heavy (non-hydrogen) atoms. The highest BCUT2D eigenvalue weighted by Crippen LogP contribution is 2.31. The molecule has 0 radical (unpaired) electrons. The van der Waals surface area contributed by atoms with E-state index in [1.165, 1.54) is 0 Å². The van der Waals surface area contributed by atoms with Gasteiger partial charge in [0.25, 0.3) is 0 Å². The summed E-state index contributed by atoms with van der Waals surface area (Å²) in [4.78, 5) is 4.39. The Labute approximate surface area is 107 Å². The van der Waals surface area contributed by atoms with Crippen molar-refractivity contribution >= 4 is 17.0 Å². The summed E-state index contributed by atoms with van der Waals surface area (Å²) >= 11 is 0. The van der Waals surface area contributed by atoms with Crippen LogP contribution in [0.3, 0.4) is 0 Å². The molecule has 2 rings (SSSR count). The van der Waals surface area contributed by atoms with E-state index in [-0.39, 0.29) is 5.54 Å². The molecule has 0 atom stereocenters. The number of aromatic nitrogens is 2. The second-order valence-electron chi connectivity index (χ2n) is 4.88. The van der Waals surface area contributed by atoms with Crippen molar-refractivity contribution in [3.63, 3.8) is 0 Å². The number of hydrogen-bond acceptors (Lipinski definition) is 4. The van der Waals surface area contributed by atoms with Crippen LogP contribution in [0.25, 0.3) is 11.0 Å². The molecule has 5 nitrogen and oxygen atoms in total. The average molecular weight is 249 g/mol. The lowest BCUT2D eigenvalue weighted by atomic mass is 10.1. The van der Waals surface area contributed by atoms with Crippen molar-refractivity contribution < 1.29 is 9.47 Å². The van der Waals surface area contributed by atoms with Crippen LogP contribution >= 0.6 is 0 Å². The number of benzene rings is 1. The normalized spacial score (nSPS) is 12.0. The minimum Gasteiger partial charge on any atom is -0.494 e. The highest BCUT2D eigenvalue weighted by atomic mass is 16.5. The Morgan fingerprint density at radius 1 is 1.33 bits per heavy atom. The van der Waals surface area contributed by atoms with E-state index < -0.39 is 0 Å². The molecule has 1 aromatic heterocycles. The van der Waals surface area contributed by atoms with E-state index in [2.05, 4.69) is 18.8 Å². The van der Waals surface area contributed by atoms with E-state index in [1.54, 1.807) is 14.2 Å². The number of nitrogens with two attached hydrogens (primary N) is 1. The van der Waals surface area contributed by atoms with Crippen LogP contribution in [0.15, 0.2) is 18.2 Å². The van der Waals surface area contributed by atoms with Crippen LogP contribution in [-0.4, -0.2) is 30.4 Å². The highest BCUT2D eigenvalue weighted by molar-refractivity contribution is 5.84. The Morgan fingerprint density at radius 3 is 2.67 bits per heavy atom. The van der Waals surface area contributed by atoms with Crippen LogP contribution < -0.4 is 10.5 Å². The fraction of sp³-hybridized carbons (Fsp3) is 0.462. The fourth-order valence-corrected chi connectivity index (χ4v) is 2.31. The van der Waals surface area contributed by atoms with Crippen molar-refractivity contribution in [2.75, 3.05) is 26.6 Å². The predicted octanol–water partition coefficient (Wildman–Crippen LogP) is 2.01. The predicted molar refractivity (Wildman–Crippen MR) is 71.9 cm³/mol. The van der Waals surface area contributed by atoms with Gasteiger partial charge in [-0.15, -0.1) is 0 Å². The van der Waals surface area contributed by atoms with E-state index in [0.29, 0.717) is 12.6 Å². The van der Waals surface area contributed by atoms with Crippen LogP contribution in [-0.2, 0) is 10.3 Å². The number of hydrogen-bond donors (Lipinski definition) is 1. The maximum absolute atomic E-state index is 6.03. The van der Waals surface area contributed by atoms with E-state index in [4.69, 9.17) is 15.2 Å². The molecular formula is C13H19N3O2. The average Bonchev–Trinajstić information content (AvgIpc) is 2.65. The number of nitrogen functional groups attached to an aromatic ring is 1. The molecule has 0 saturated heterocycles. The zero-order valence-corrected chi connectivity index (χ0v) is 11.2. The molecule has 0 saturated carbocycles. The third-order valence-corrected chi connectivity index (χ3v) is 3.00. The first-order valence-corrected chi connectivity index (χ1v) is 5.81. The van der Waals surface area contributed by atoms with Gasteiger partial charge >= 0.3 is 0 Å². The molecule has 0 spiro atoms. The molecule has 0 amide bonds. The number of fused-ring (bicyclic) bond motifs is 1. The first-order chi connectivity index (χ1) is 8.51. The van der Waals surface area contributed by atoms with Crippen LogP contribution in [0, 0.1) is 0 Å². The van der Waals surface area contributed by atoms with Crippen molar-refractivity contribution in [1.29, 1.82) is 0 Å². The second-order valence-corrected chi connectivity index (χ2v) is 4.88. The zero-order valence-electron chi connectivity index (χ0n) is 11.2. The molecule has 1 heterocycles. The summed E-state index contributed by atoms with van der Waals surface area (Å²) < 4.78 is 12.5. The summed E-state index contributed by atoms with van der Waals surface area (Å²) in [6, 6.07) is 5.79. The third-order valence-electron chi connectivity index (χ3n) is 3.00. The molecular weight excluding hydrogens is 230 g/mol. The standard InChI is InChI=1S/C13H19N3O2/c1-13(2,8-17-3)16-9-6-5-7-10(18-4)11(9)15-12(16)14/h5-7H,8H2,1-4H3,(H2,14,15). The molecule has 0 aliphatic carbocycles. The monoisotopic (exact) mass is 249 g/mol. The lowest BCUT2D eigenvalue weighted by Crippen LogP contribution is -2.32. The van der Waals surface area contributed by atoms with Crippen molar-refractivity contribution in [1.82, 2.24) is 9.55 Å². The molecule has 0 aliphatic heterocycles. The number of anilines is 1. The van der Waals surface area contributed by atoms with Gasteiger partial charge in [0.15, 0.2) is 0 Å². The quantitative estimate of drug-likeness (QED) is 0.900. The van der Waals surface area contributed by atoms with Gasteiger partial charge in [-0.3, -0.25) is 0 Å². The Bertz CT molecular complexity index is 561. The van der Waals surface area contributed by atoms with Crippen LogP contribution in [0.5, 0.6) is 5.75 Å². The van der Waals surface area contributed by atoms with Crippen molar-refractivity contribution in [2.45, 2.75) is 19.4 Å². The summed E-state index contributed by atoms with van der Waals surface area (Å²) in [7, 11) is 3.31. The lowest BCUT2D eigenvalue weighted by molar-refractivity contribution is 0.113. The van der Waals surface area contributed by atoms with Gasteiger partial charge in [0.2, 0.25) is 5.95 Å². The largest absolute Gasteiger partial charge is 0.494 e. The second kappa shape index (κ2) is 4.49. The van der Waals surface area contributed by atoms with Gasteiger partial charge in [-0.25, -0.2) is 4.98 Å². The Morgan fingerprint density at radius 2 is 2.06 bits per heavy atom. The molecule has 98 valence electrons. The van der Waals surface area contributed by atoms with E-state index in [9.17, 15) is 0 Å². The number of nitrogens with zero attached hydrogens (tertiary/aromatic N) is 2. The van der Waals surface area contributed by atoms with Gasteiger partial charge in [-0.1, -0.05) is 6.07 Å². The lowest BCUT2D eigenvalue weighted by Gasteiger charge is -2.27.